The number of rotatable bonds is 4. The zero-order valence-corrected chi connectivity index (χ0v) is 19.7. The van der Waals surface area contributed by atoms with Crippen molar-refractivity contribution in [2.45, 2.75) is 53.2 Å². The molecule has 0 unspecified atom stereocenters. The monoisotopic (exact) mass is 468 g/mol. The van der Waals surface area contributed by atoms with Crippen LogP contribution < -0.4 is 11.2 Å². The quantitative estimate of drug-likeness (QED) is 0.495. The first kappa shape index (κ1) is 23.6. The molecule has 0 fully saturated rings. The number of fused-ring (bicyclic) bond motifs is 1. The van der Waals surface area contributed by atoms with Gasteiger partial charge in [-0.2, -0.15) is 4.68 Å². The van der Waals surface area contributed by atoms with E-state index in [2.05, 4.69) is 5.10 Å². The highest BCUT2D eigenvalue weighted by molar-refractivity contribution is 5.88. The molecule has 0 aliphatic rings. The smallest absolute Gasteiger partial charge is 0.350 e. The Hall–Kier alpha value is -3.59. The third kappa shape index (κ3) is 3.66. The molecule has 34 heavy (non-hydrogen) atoms. The minimum Gasteiger partial charge on any atom is -0.388 e. The van der Waals surface area contributed by atoms with E-state index < -0.39 is 34.9 Å². The van der Waals surface area contributed by atoms with Crippen LogP contribution in [-0.2, 0) is 18.6 Å². The number of benzene rings is 2. The van der Waals surface area contributed by atoms with Crippen molar-refractivity contribution in [2.75, 3.05) is 0 Å². The summed E-state index contributed by atoms with van der Waals surface area (Å²) in [6, 6.07) is 6.99. The predicted molar refractivity (Wildman–Crippen MR) is 126 cm³/mol. The molecular formula is C25H26F2N4O3. The lowest BCUT2D eigenvalue weighted by molar-refractivity contribution is 0.264. The second-order valence-electron chi connectivity index (χ2n) is 9.21. The van der Waals surface area contributed by atoms with Crippen molar-refractivity contribution < 1.29 is 13.9 Å². The van der Waals surface area contributed by atoms with Crippen LogP contribution in [0.1, 0.15) is 44.6 Å². The van der Waals surface area contributed by atoms with Crippen LogP contribution in [0.25, 0.3) is 22.1 Å². The molecular weight excluding hydrogens is 442 g/mol. The van der Waals surface area contributed by atoms with E-state index in [1.807, 2.05) is 20.8 Å². The zero-order chi connectivity index (χ0) is 24.9. The van der Waals surface area contributed by atoms with Crippen LogP contribution >= 0.6 is 0 Å². The average molecular weight is 469 g/mol. The Kier molecular flexibility index (Phi) is 5.77. The second kappa shape index (κ2) is 8.32. The lowest BCUT2D eigenvalue weighted by Gasteiger charge is -2.24. The average Bonchev–Trinajstić information content (AvgIpc) is 3.10. The van der Waals surface area contributed by atoms with Gasteiger partial charge < -0.3 is 5.11 Å². The summed E-state index contributed by atoms with van der Waals surface area (Å²) in [5.41, 5.74) is -0.327. The van der Waals surface area contributed by atoms with Crippen LogP contribution in [0.4, 0.5) is 8.78 Å². The van der Waals surface area contributed by atoms with Crippen molar-refractivity contribution >= 4 is 10.8 Å². The highest BCUT2D eigenvalue weighted by Crippen LogP contribution is 2.32. The van der Waals surface area contributed by atoms with Gasteiger partial charge in [-0.1, -0.05) is 26.8 Å². The molecule has 9 heteroatoms. The number of aliphatic hydroxyl groups is 1. The van der Waals surface area contributed by atoms with E-state index in [1.165, 1.54) is 27.3 Å². The first-order valence-corrected chi connectivity index (χ1v) is 10.9. The van der Waals surface area contributed by atoms with E-state index in [0.29, 0.717) is 22.2 Å². The van der Waals surface area contributed by atoms with Crippen molar-refractivity contribution in [3.8, 4) is 11.4 Å². The van der Waals surface area contributed by atoms with E-state index in [4.69, 9.17) is 0 Å². The molecule has 0 spiro atoms. The Bertz CT molecular complexity index is 1540. The van der Waals surface area contributed by atoms with Crippen LogP contribution in [0, 0.1) is 18.6 Å². The topological polar surface area (TPSA) is 82.0 Å². The zero-order valence-electron chi connectivity index (χ0n) is 19.7. The molecule has 1 N–H and O–H groups in total. The Morgan fingerprint density at radius 3 is 2.32 bits per heavy atom. The maximum atomic E-state index is 15.3. The van der Waals surface area contributed by atoms with E-state index in [-0.39, 0.29) is 23.4 Å². The minimum absolute atomic E-state index is 0.0997. The largest absolute Gasteiger partial charge is 0.388 e. The van der Waals surface area contributed by atoms with E-state index in [1.54, 1.807) is 26.1 Å². The van der Waals surface area contributed by atoms with E-state index in [0.717, 1.165) is 10.7 Å². The SMILES string of the molecule is CCn1c(CO)nn(-c2cc3c(C(C)(C)C)cn(-c4cccc(F)c4C)c(=O)c3cc2F)c1=O. The van der Waals surface area contributed by atoms with E-state index >= 15 is 4.39 Å². The van der Waals surface area contributed by atoms with E-state index in [9.17, 15) is 19.1 Å². The maximum absolute atomic E-state index is 15.3. The highest BCUT2D eigenvalue weighted by atomic mass is 19.1. The van der Waals surface area contributed by atoms with Gasteiger partial charge in [0.25, 0.3) is 5.56 Å². The predicted octanol–water partition coefficient (Wildman–Crippen LogP) is 3.73. The lowest BCUT2D eigenvalue weighted by atomic mass is 9.84. The molecule has 0 saturated heterocycles. The van der Waals surface area contributed by atoms with Crippen LogP contribution in [0.3, 0.4) is 0 Å². The number of aliphatic hydroxyl groups excluding tert-OH is 1. The third-order valence-electron chi connectivity index (χ3n) is 6.02. The van der Waals surface area contributed by atoms with Crippen molar-refractivity contribution in [1.29, 1.82) is 0 Å². The summed E-state index contributed by atoms with van der Waals surface area (Å²) in [6.07, 6.45) is 1.64. The molecule has 7 nitrogen and oxygen atoms in total. The number of hydrogen-bond donors (Lipinski definition) is 1. The molecule has 0 saturated carbocycles. The number of nitrogens with zero attached hydrogens (tertiary/aromatic N) is 4. The summed E-state index contributed by atoms with van der Waals surface area (Å²) in [5.74, 6) is -1.15. The molecule has 4 rings (SSSR count). The molecule has 178 valence electrons. The van der Waals surface area contributed by atoms with Gasteiger partial charge in [-0.3, -0.25) is 13.9 Å². The maximum Gasteiger partial charge on any atom is 0.350 e. The number of hydrogen-bond acceptors (Lipinski definition) is 4. The third-order valence-corrected chi connectivity index (χ3v) is 6.02. The summed E-state index contributed by atoms with van der Waals surface area (Å²) in [4.78, 5) is 26.3. The van der Waals surface area contributed by atoms with Crippen LogP contribution in [-0.4, -0.2) is 24.0 Å². The Morgan fingerprint density at radius 2 is 1.74 bits per heavy atom. The minimum atomic E-state index is -0.814. The van der Waals surface area contributed by atoms with Crippen molar-refractivity contribution in [1.82, 2.24) is 18.9 Å². The molecule has 0 aliphatic heterocycles. The first-order chi connectivity index (χ1) is 16.0. The van der Waals surface area contributed by atoms with Crippen LogP contribution in [0.15, 0.2) is 46.1 Å². The number of aromatic nitrogens is 4. The van der Waals surface area contributed by atoms with Crippen LogP contribution in [0.2, 0.25) is 0 Å². The van der Waals surface area contributed by atoms with Gasteiger partial charge in [-0.25, -0.2) is 13.6 Å². The normalized spacial score (nSPS) is 12.0. The fraction of sp³-hybridized carbons (Fsp3) is 0.320. The first-order valence-electron chi connectivity index (χ1n) is 10.9. The van der Waals surface area contributed by atoms with Crippen molar-refractivity contribution in [3.05, 3.63) is 86.0 Å². The van der Waals surface area contributed by atoms with Gasteiger partial charge in [0.1, 0.15) is 23.9 Å². The second-order valence-corrected chi connectivity index (χ2v) is 9.21. The van der Waals surface area contributed by atoms with Gasteiger partial charge in [-0.05, 0) is 54.5 Å². The summed E-state index contributed by atoms with van der Waals surface area (Å²) >= 11 is 0. The van der Waals surface area contributed by atoms with Gasteiger partial charge in [0.05, 0.1) is 11.1 Å². The Labute approximate surface area is 194 Å². The molecule has 2 heterocycles. The summed E-state index contributed by atoms with van der Waals surface area (Å²) in [5, 5.41) is 14.2. The summed E-state index contributed by atoms with van der Waals surface area (Å²) in [6.45, 7) is 8.92. The van der Waals surface area contributed by atoms with Gasteiger partial charge >= 0.3 is 5.69 Å². The summed E-state index contributed by atoms with van der Waals surface area (Å²) < 4.78 is 33.1. The molecule has 0 atom stereocenters. The lowest BCUT2D eigenvalue weighted by Crippen LogP contribution is -2.26. The molecule has 0 bridgehead atoms. The Morgan fingerprint density at radius 1 is 1.03 bits per heavy atom. The molecule has 0 amide bonds. The molecule has 0 radical (unpaired) electrons. The highest BCUT2D eigenvalue weighted by Gasteiger charge is 2.24. The number of halogens is 2. The van der Waals surface area contributed by atoms with Gasteiger partial charge in [0, 0.05) is 18.3 Å². The Balaban J connectivity index is 2.10. The van der Waals surface area contributed by atoms with Gasteiger partial charge in [0.2, 0.25) is 0 Å². The number of pyridine rings is 1. The fourth-order valence-corrected chi connectivity index (χ4v) is 4.17. The standard InChI is InChI=1S/C25H26F2N4O3/c1-6-29-22(13-32)28-31(24(29)34)21-11-15-16(10-19(21)27)23(33)30(12-17(15)25(3,4)5)20-9-7-8-18(26)14(20)2/h7-12,32H,6,13H2,1-5H3. The van der Waals surface area contributed by atoms with Crippen molar-refractivity contribution in [2.24, 2.45) is 0 Å². The molecule has 0 aliphatic carbocycles. The van der Waals surface area contributed by atoms with Crippen LogP contribution in [0.5, 0.6) is 0 Å². The van der Waals surface area contributed by atoms with Gasteiger partial charge in [0.15, 0.2) is 5.82 Å². The van der Waals surface area contributed by atoms with Gasteiger partial charge in [-0.15, -0.1) is 5.10 Å². The fourth-order valence-electron chi connectivity index (χ4n) is 4.17. The summed E-state index contributed by atoms with van der Waals surface area (Å²) in [7, 11) is 0. The molecule has 4 aromatic rings. The molecule has 2 aromatic heterocycles. The van der Waals surface area contributed by atoms with Crippen molar-refractivity contribution in [3.63, 3.8) is 0 Å². The molecule has 2 aromatic carbocycles.